The Kier molecular flexibility index (Phi) is 5.75. The van der Waals surface area contributed by atoms with Crippen LogP contribution < -0.4 is 15.2 Å². The SMILES string of the molecule is COc1cc(CO)c([O-])c(NCC(Br)C(C)C)c1. The van der Waals surface area contributed by atoms with E-state index < -0.39 is 0 Å². The summed E-state index contributed by atoms with van der Waals surface area (Å²) in [7, 11) is 1.53. The number of hydrogen-bond donors (Lipinski definition) is 2. The number of aliphatic hydroxyl groups excluding tert-OH is 1. The van der Waals surface area contributed by atoms with Crippen molar-refractivity contribution in [3.05, 3.63) is 17.7 Å². The van der Waals surface area contributed by atoms with Gasteiger partial charge in [-0.2, -0.15) is 0 Å². The lowest BCUT2D eigenvalue weighted by Crippen LogP contribution is -2.20. The highest BCUT2D eigenvalue weighted by atomic mass is 79.9. The van der Waals surface area contributed by atoms with Crippen LogP contribution in [-0.2, 0) is 6.61 Å². The molecular formula is C13H19BrNO3-. The van der Waals surface area contributed by atoms with Crippen LogP contribution in [0.1, 0.15) is 19.4 Å². The first-order valence-electron chi connectivity index (χ1n) is 5.86. The molecule has 0 radical (unpaired) electrons. The molecule has 0 aliphatic rings. The van der Waals surface area contributed by atoms with Crippen molar-refractivity contribution in [3.8, 4) is 11.5 Å². The molecule has 0 fully saturated rings. The molecule has 2 N–H and O–H groups in total. The molecule has 0 bridgehead atoms. The first-order chi connectivity index (χ1) is 8.49. The molecule has 5 heteroatoms. The van der Waals surface area contributed by atoms with Crippen LogP contribution >= 0.6 is 15.9 Å². The van der Waals surface area contributed by atoms with Crippen LogP contribution in [0.15, 0.2) is 12.1 Å². The van der Waals surface area contributed by atoms with Gasteiger partial charge in [0.1, 0.15) is 5.75 Å². The average Bonchev–Trinajstić information content (AvgIpc) is 2.36. The number of benzene rings is 1. The first kappa shape index (κ1) is 15.1. The van der Waals surface area contributed by atoms with Gasteiger partial charge in [0.05, 0.1) is 13.7 Å². The third-order valence-electron chi connectivity index (χ3n) is 2.76. The fourth-order valence-corrected chi connectivity index (χ4v) is 1.63. The molecule has 0 saturated heterocycles. The Morgan fingerprint density at radius 2 is 2.11 bits per heavy atom. The summed E-state index contributed by atoms with van der Waals surface area (Å²) >= 11 is 3.55. The highest BCUT2D eigenvalue weighted by Gasteiger charge is 2.10. The number of nitrogens with one attached hydrogen (secondary N) is 1. The Hall–Kier alpha value is -0.940. The van der Waals surface area contributed by atoms with Crippen LogP contribution in [0.25, 0.3) is 0 Å². The summed E-state index contributed by atoms with van der Waals surface area (Å²) in [6.07, 6.45) is 0. The number of alkyl halides is 1. The number of ether oxygens (including phenoxy) is 1. The Balaban J connectivity index is 2.87. The number of aliphatic hydroxyl groups is 1. The number of hydrogen-bond acceptors (Lipinski definition) is 4. The first-order valence-corrected chi connectivity index (χ1v) is 6.77. The van der Waals surface area contributed by atoms with E-state index in [4.69, 9.17) is 9.84 Å². The van der Waals surface area contributed by atoms with E-state index >= 15 is 0 Å². The summed E-state index contributed by atoms with van der Waals surface area (Å²) in [6, 6.07) is 3.21. The van der Waals surface area contributed by atoms with Crippen molar-refractivity contribution in [1.29, 1.82) is 0 Å². The van der Waals surface area contributed by atoms with E-state index in [9.17, 15) is 5.11 Å². The quantitative estimate of drug-likeness (QED) is 0.789. The summed E-state index contributed by atoms with van der Waals surface area (Å²) in [5, 5.41) is 24.2. The number of rotatable bonds is 6. The third-order valence-corrected chi connectivity index (χ3v) is 4.14. The summed E-state index contributed by atoms with van der Waals surface area (Å²) < 4.78 is 5.10. The van der Waals surface area contributed by atoms with Gasteiger partial charge in [0, 0.05) is 23.1 Å². The molecule has 18 heavy (non-hydrogen) atoms. The lowest BCUT2D eigenvalue weighted by atomic mass is 10.1. The molecule has 1 aromatic rings. The number of halogens is 1. The van der Waals surface area contributed by atoms with E-state index in [-0.39, 0.29) is 17.2 Å². The minimum absolute atomic E-state index is 0.179. The van der Waals surface area contributed by atoms with E-state index in [2.05, 4.69) is 35.1 Å². The second-order valence-corrected chi connectivity index (χ2v) is 5.64. The molecule has 1 aromatic carbocycles. The summed E-state index contributed by atoms with van der Waals surface area (Å²) in [6.45, 7) is 4.56. The highest BCUT2D eigenvalue weighted by molar-refractivity contribution is 9.09. The van der Waals surface area contributed by atoms with E-state index in [1.54, 1.807) is 12.1 Å². The van der Waals surface area contributed by atoms with Crippen LogP contribution in [0.4, 0.5) is 5.69 Å². The van der Waals surface area contributed by atoms with Crippen molar-refractivity contribution in [2.75, 3.05) is 19.0 Å². The number of anilines is 1. The van der Waals surface area contributed by atoms with Gasteiger partial charge in [-0.15, -0.1) is 0 Å². The van der Waals surface area contributed by atoms with E-state index in [1.165, 1.54) is 7.11 Å². The molecule has 0 amide bonds. The Labute approximate surface area is 116 Å². The Morgan fingerprint density at radius 1 is 1.44 bits per heavy atom. The maximum atomic E-state index is 12.0. The Morgan fingerprint density at radius 3 is 2.61 bits per heavy atom. The topological polar surface area (TPSA) is 64.5 Å². The van der Waals surface area contributed by atoms with Crippen LogP contribution in [0.5, 0.6) is 11.5 Å². The predicted octanol–water partition coefficient (Wildman–Crippen LogP) is 2.09. The van der Waals surface area contributed by atoms with Gasteiger partial charge in [-0.1, -0.05) is 35.5 Å². The van der Waals surface area contributed by atoms with Crippen LogP contribution in [0.3, 0.4) is 0 Å². The minimum atomic E-state index is -0.285. The second-order valence-electron chi connectivity index (χ2n) is 4.46. The summed E-state index contributed by atoms with van der Waals surface area (Å²) in [5.41, 5.74) is 0.802. The maximum absolute atomic E-state index is 12.0. The van der Waals surface area contributed by atoms with Crippen molar-refractivity contribution in [2.24, 2.45) is 5.92 Å². The number of methoxy groups -OCH3 is 1. The summed E-state index contributed by atoms with van der Waals surface area (Å²) in [4.78, 5) is 0.278. The zero-order valence-corrected chi connectivity index (χ0v) is 12.5. The third kappa shape index (κ3) is 3.78. The summed E-state index contributed by atoms with van der Waals surface area (Å²) in [5.74, 6) is 0.856. The van der Waals surface area contributed by atoms with E-state index in [0.717, 1.165) is 0 Å². The largest absolute Gasteiger partial charge is 0.871 e. The minimum Gasteiger partial charge on any atom is -0.871 e. The molecule has 1 unspecified atom stereocenters. The van der Waals surface area contributed by atoms with Gasteiger partial charge in [0.25, 0.3) is 0 Å². The Bertz CT molecular complexity index is 396. The molecule has 0 aromatic heterocycles. The van der Waals surface area contributed by atoms with Crippen LogP contribution in [0, 0.1) is 5.92 Å². The van der Waals surface area contributed by atoms with E-state index in [1.807, 2.05) is 0 Å². The molecule has 1 rings (SSSR count). The normalized spacial score (nSPS) is 12.6. The fourth-order valence-electron chi connectivity index (χ4n) is 1.47. The van der Waals surface area contributed by atoms with Gasteiger partial charge in [-0.25, -0.2) is 0 Å². The molecule has 0 aliphatic carbocycles. The molecule has 102 valence electrons. The molecule has 0 aliphatic heterocycles. The molecule has 0 spiro atoms. The highest BCUT2D eigenvalue weighted by Crippen LogP contribution is 2.31. The molecule has 0 heterocycles. The maximum Gasteiger partial charge on any atom is 0.121 e. The second kappa shape index (κ2) is 6.85. The van der Waals surface area contributed by atoms with Gasteiger partial charge in [-0.3, -0.25) is 0 Å². The van der Waals surface area contributed by atoms with Crippen molar-refractivity contribution in [3.63, 3.8) is 0 Å². The lowest BCUT2D eigenvalue weighted by molar-refractivity contribution is -0.268. The van der Waals surface area contributed by atoms with Crippen LogP contribution in [0.2, 0.25) is 0 Å². The van der Waals surface area contributed by atoms with Gasteiger partial charge in [0.2, 0.25) is 0 Å². The van der Waals surface area contributed by atoms with E-state index in [0.29, 0.717) is 29.5 Å². The van der Waals surface area contributed by atoms with Crippen molar-refractivity contribution in [1.82, 2.24) is 0 Å². The van der Waals surface area contributed by atoms with Gasteiger partial charge in [0.15, 0.2) is 0 Å². The average molecular weight is 317 g/mol. The molecule has 4 nitrogen and oxygen atoms in total. The standard InChI is InChI=1S/C13H20BrNO3/c1-8(2)11(14)6-15-12-5-10(18-3)4-9(7-16)13(12)17/h4-5,8,11,15-17H,6-7H2,1-3H3/p-1. The van der Waals surface area contributed by atoms with Crippen LogP contribution in [-0.4, -0.2) is 23.6 Å². The molecular weight excluding hydrogens is 298 g/mol. The van der Waals surface area contributed by atoms with Gasteiger partial charge < -0.3 is 20.3 Å². The van der Waals surface area contributed by atoms with Gasteiger partial charge >= 0.3 is 0 Å². The van der Waals surface area contributed by atoms with Gasteiger partial charge in [-0.05, 0) is 17.5 Å². The smallest absolute Gasteiger partial charge is 0.121 e. The zero-order valence-electron chi connectivity index (χ0n) is 10.9. The monoisotopic (exact) mass is 316 g/mol. The fraction of sp³-hybridized carbons (Fsp3) is 0.538. The molecule has 0 saturated carbocycles. The molecule has 1 atom stereocenters. The zero-order chi connectivity index (χ0) is 13.7. The van der Waals surface area contributed by atoms with Crippen molar-refractivity contribution >= 4 is 21.6 Å². The van der Waals surface area contributed by atoms with Crippen molar-refractivity contribution < 1.29 is 14.9 Å². The van der Waals surface area contributed by atoms with Crippen molar-refractivity contribution in [2.45, 2.75) is 25.3 Å². The lowest BCUT2D eigenvalue weighted by Gasteiger charge is -2.22. The predicted molar refractivity (Wildman–Crippen MR) is 74.4 cm³/mol.